The molecule has 0 aliphatic carbocycles. The number of aromatic amines is 1. The third-order valence-corrected chi connectivity index (χ3v) is 4.93. The molecular formula is C22H16F2N4O2. The number of carbonyl (C=O) groups excluding carboxylic acids is 2. The fraction of sp³-hybridized carbons (Fsp3) is 0.136. The topological polar surface area (TPSA) is 97.8 Å². The maximum absolute atomic E-state index is 14.3. The van der Waals surface area contributed by atoms with Gasteiger partial charge < -0.3 is 15.6 Å². The Morgan fingerprint density at radius 2 is 2.00 bits per heavy atom. The number of hydrogen-bond acceptors (Lipinski definition) is 3. The normalized spacial score (nSPS) is 16.0. The summed E-state index contributed by atoms with van der Waals surface area (Å²) in [5, 5.41) is 14.5. The highest BCUT2D eigenvalue weighted by Crippen LogP contribution is 2.33. The van der Waals surface area contributed by atoms with Crippen molar-refractivity contribution in [1.82, 2.24) is 15.6 Å². The molecule has 1 aromatic heterocycles. The zero-order chi connectivity index (χ0) is 21.3. The molecule has 1 unspecified atom stereocenters. The van der Waals surface area contributed by atoms with Crippen molar-refractivity contribution in [2.75, 3.05) is 6.54 Å². The van der Waals surface area contributed by atoms with Crippen LogP contribution in [0.25, 0.3) is 28.2 Å². The Kier molecular flexibility index (Phi) is 5.02. The highest BCUT2D eigenvalue weighted by atomic mass is 19.1. The Morgan fingerprint density at radius 1 is 1.23 bits per heavy atom. The summed E-state index contributed by atoms with van der Waals surface area (Å²) in [5.41, 5.74) is 2.09. The summed E-state index contributed by atoms with van der Waals surface area (Å²) in [6, 6.07) is 9.96. The van der Waals surface area contributed by atoms with Gasteiger partial charge in [0.25, 0.3) is 0 Å². The van der Waals surface area contributed by atoms with Crippen molar-refractivity contribution in [2.24, 2.45) is 0 Å². The largest absolute Gasteiger partial charge is 0.354 e. The van der Waals surface area contributed by atoms with Crippen LogP contribution < -0.4 is 10.6 Å². The van der Waals surface area contributed by atoms with Gasteiger partial charge in [-0.2, -0.15) is 5.26 Å². The number of carbonyl (C=O) groups is 2. The monoisotopic (exact) mass is 406 g/mol. The minimum atomic E-state index is -0.758. The zero-order valence-corrected chi connectivity index (χ0v) is 15.6. The lowest BCUT2D eigenvalue weighted by Crippen LogP contribution is -2.39. The van der Waals surface area contributed by atoms with E-state index >= 15 is 0 Å². The molecular weight excluding hydrogens is 390 g/mol. The summed E-state index contributed by atoms with van der Waals surface area (Å²) in [6.07, 6.45) is 3.18. The number of nitrogens with one attached hydrogen (secondary N) is 3. The molecule has 1 saturated heterocycles. The standard InChI is InChI=1S/C22H16F2N4O2/c23-14-9-16-15(5-6-19(29)27-18-7-8-26-22(18)30)20(28-21(16)17(24)10-14)13-3-1-12(11-25)2-4-13/h1-6,9-10,18,28H,7-8H2,(H,26,30)(H,27,29)/b6-5+. The van der Waals surface area contributed by atoms with Crippen molar-refractivity contribution >= 4 is 28.8 Å². The second kappa shape index (κ2) is 7.79. The lowest BCUT2D eigenvalue weighted by atomic mass is 10.0. The van der Waals surface area contributed by atoms with Crippen LogP contribution in [0.3, 0.4) is 0 Å². The molecule has 0 spiro atoms. The van der Waals surface area contributed by atoms with Crippen LogP contribution in [0.4, 0.5) is 8.78 Å². The van der Waals surface area contributed by atoms with Gasteiger partial charge in [-0.3, -0.25) is 9.59 Å². The Hall–Kier alpha value is -3.99. The number of amides is 2. The van der Waals surface area contributed by atoms with Gasteiger partial charge in [0.15, 0.2) is 0 Å². The number of halogens is 2. The first-order chi connectivity index (χ1) is 14.5. The number of fused-ring (bicyclic) bond motifs is 1. The minimum Gasteiger partial charge on any atom is -0.354 e. The van der Waals surface area contributed by atoms with E-state index in [-0.39, 0.29) is 16.8 Å². The Bertz CT molecular complexity index is 1220. The predicted octanol–water partition coefficient (Wildman–Crippen LogP) is 3.00. The summed E-state index contributed by atoms with van der Waals surface area (Å²) in [5.74, 6) is -2.24. The van der Waals surface area contributed by atoms with Crippen LogP contribution in [0.15, 0.2) is 42.5 Å². The lowest BCUT2D eigenvalue weighted by Gasteiger charge is -2.07. The molecule has 0 radical (unpaired) electrons. The highest BCUT2D eigenvalue weighted by molar-refractivity contribution is 6.02. The van der Waals surface area contributed by atoms with Crippen molar-refractivity contribution in [1.29, 1.82) is 5.26 Å². The van der Waals surface area contributed by atoms with E-state index in [9.17, 15) is 18.4 Å². The van der Waals surface area contributed by atoms with E-state index in [4.69, 9.17) is 5.26 Å². The van der Waals surface area contributed by atoms with Gasteiger partial charge in [-0.25, -0.2) is 8.78 Å². The van der Waals surface area contributed by atoms with Crippen LogP contribution in [0, 0.1) is 23.0 Å². The number of benzene rings is 2. The third kappa shape index (κ3) is 3.65. The second-order valence-corrected chi connectivity index (χ2v) is 6.89. The van der Waals surface area contributed by atoms with Gasteiger partial charge in [-0.05, 0) is 36.3 Å². The molecule has 0 saturated carbocycles. The van der Waals surface area contributed by atoms with Crippen molar-refractivity contribution < 1.29 is 18.4 Å². The predicted molar refractivity (Wildman–Crippen MR) is 107 cm³/mol. The zero-order valence-electron chi connectivity index (χ0n) is 15.6. The molecule has 30 heavy (non-hydrogen) atoms. The van der Waals surface area contributed by atoms with Crippen LogP contribution >= 0.6 is 0 Å². The molecule has 6 nitrogen and oxygen atoms in total. The van der Waals surface area contributed by atoms with E-state index in [1.165, 1.54) is 18.2 Å². The Balaban J connectivity index is 1.75. The summed E-state index contributed by atoms with van der Waals surface area (Å²) in [4.78, 5) is 26.8. The fourth-order valence-corrected chi connectivity index (χ4v) is 3.46. The molecule has 3 aromatic rings. The molecule has 8 heteroatoms. The molecule has 2 aromatic carbocycles. The molecule has 2 amide bonds. The highest BCUT2D eigenvalue weighted by Gasteiger charge is 2.24. The van der Waals surface area contributed by atoms with E-state index in [0.717, 1.165) is 6.07 Å². The van der Waals surface area contributed by atoms with Gasteiger partial charge in [0, 0.05) is 29.6 Å². The van der Waals surface area contributed by atoms with E-state index < -0.39 is 23.6 Å². The van der Waals surface area contributed by atoms with Crippen LogP contribution in [-0.4, -0.2) is 29.4 Å². The number of nitriles is 1. The van der Waals surface area contributed by atoms with Crippen LogP contribution in [0.2, 0.25) is 0 Å². The van der Waals surface area contributed by atoms with Crippen LogP contribution in [0.5, 0.6) is 0 Å². The summed E-state index contributed by atoms with van der Waals surface area (Å²) >= 11 is 0. The molecule has 2 heterocycles. The Labute approximate surface area is 170 Å². The first-order valence-electron chi connectivity index (χ1n) is 9.24. The summed E-state index contributed by atoms with van der Waals surface area (Å²) in [7, 11) is 0. The number of rotatable bonds is 4. The fourth-order valence-electron chi connectivity index (χ4n) is 3.46. The van der Waals surface area contributed by atoms with Crippen LogP contribution in [0.1, 0.15) is 17.5 Å². The molecule has 1 fully saturated rings. The number of hydrogen-bond donors (Lipinski definition) is 3. The molecule has 1 aliphatic heterocycles. The molecule has 4 rings (SSSR count). The van der Waals surface area contributed by atoms with Gasteiger partial charge >= 0.3 is 0 Å². The SMILES string of the molecule is N#Cc1ccc(-c2[nH]c3c(F)cc(F)cc3c2/C=C/C(=O)NC2CCNC2=O)cc1. The van der Waals surface area contributed by atoms with Crippen LogP contribution in [-0.2, 0) is 9.59 Å². The van der Waals surface area contributed by atoms with Gasteiger partial charge in [0.2, 0.25) is 11.8 Å². The first kappa shape index (κ1) is 19.3. The maximum Gasteiger partial charge on any atom is 0.244 e. The molecule has 1 atom stereocenters. The molecule has 0 bridgehead atoms. The molecule has 1 aliphatic rings. The number of aromatic nitrogens is 1. The van der Waals surface area contributed by atoms with Crippen molar-refractivity contribution in [2.45, 2.75) is 12.5 Å². The van der Waals surface area contributed by atoms with Gasteiger partial charge in [0.1, 0.15) is 17.7 Å². The third-order valence-electron chi connectivity index (χ3n) is 4.93. The summed E-state index contributed by atoms with van der Waals surface area (Å²) < 4.78 is 28.2. The average molecular weight is 406 g/mol. The number of nitrogens with zero attached hydrogens (tertiary/aromatic N) is 1. The van der Waals surface area contributed by atoms with Gasteiger partial charge in [-0.15, -0.1) is 0 Å². The van der Waals surface area contributed by atoms with Gasteiger partial charge in [0.05, 0.1) is 22.8 Å². The first-order valence-corrected chi connectivity index (χ1v) is 9.24. The van der Waals surface area contributed by atoms with Gasteiger partial charge in [-0.1, -0.05) is 12.1 Å². The smallest absolute Gasteiger partial charge is 0.244 e. The molecule has 150 valence electrons. The van der Waals surface area contributed by atoms with E-state index in [1.807, 2.05) is 6.07 Å². The van der Waals surface area contributed by atoms with Crippen molar-refractivity contribution in [3.8, 4) is 17.3 Å². The van der Waals surface area contributed by atoms with E-state index in [2.05, 4.69) is 15.6 Å². The van der Waals surface area contributed by atoms with E-state index in [0.29, 0.717) is 35.3 Å². The quantitative estimate of drug-likeness (QED) is 0.581. The minimum absolute atomic E-state index is 0.103. The molecule has 3 N–H and O–H groups in total. The average Bonchev–Trinajstić information content (AvgIpc) is 3.30. The lowest BCUT2D eigenvalue weighted by molar-refractivity contribution is -0.125. The van der Waals surface area contributed by atoms with Crippen molar-refractivity contribution in [3.63, 3.8) is 0 Å². The second-order valence-electron chi connectivity index (χ2n) is 6.89. The maximum atomic E-state index is 14.3. The summed E-state index contributed by atoms with van der Waals surface area (Å²) in [6.45, 7) is 0.497. The number of H-pyrrole nitrogens is 1. The van der Waals surface area contributed by atoms with Crippen molar-refractivity contribution in [3.05, 3.63) is 65.2 Å². The van der Waals surface area contributed by atoms with E-state index in [1.54, 1.807) is 24.3 Å². The Morgan fingerprint density at radius 3 is 2.67 bits per heavy atom.